The van der Waals surface area contributed by atoms with Crippen molar-refractivity contribution in [2.45, 2.75) is 58.4 Å². The lowest BCUT2D eigenvalue weighted by atomic mass is 9.72. The molecular formula is C18H27BrFN. The van der Waals surface area contributed by atoms with Gasteiger partial charge in [-0.2, -0.15) is 0 Å². The Kier molecular flexibility index (Phi) is 6.69. The van der Waals surface area contributed by atoms with Gasteiger partial charge in [-0.25, -0.2) is 4.39 Å². The van der Waals surface area contributed by atoms with E-state index in [1.54, 1.807) is 6.07 Å². The van der Waals surface area contributed by atoms with Crippen LogP contribution in [0.15, 0.2) is 22.7 Å². The predicted molar refractivity (Wildman–Crippen MR) is 90.9 cm³/mol. The number of hydrogen-bond donors (Lipinski definition) is 1. The molecule has 3 unspecified atom stereocenters. The second kappa shape index (κ2) is 8.28. The molecule has 1 fully saturated rings. The Labute approximate surface area is 136 Å². The van der Waals surface area contributed by atoms with Crippen LogP contribution in [0.3, 0.4) is 0 Å². The summed E-state index contributed by atoms with van der Waals surface area (Å²) in [5.74, 6) is 1.18. The average Bonchev–Trinajstić information content (AvgIpc) is 2.52. The third-order valence-corrected chi connectivity index (χ3v) is 5.46. The van der Waals surface area contributed by atoms with E-state index in [0.29, 0.717) is 16.3 Å². The van der Waals surface area contributed by atoms with E-state index in [9.17, 15) is 4.39 Å². The van der Waals surface area contributed by atoms with E-state index in [4.69, 9.17) is 0 Å². The lowest BCUT2D eigenvalue weighted by Gasteiger charge is -2.38. The fourth-order valence-corrected chi connectivity index (χ4v) is 4.12. The molecule has 1 aromatic rings. The van der Waals surface area contributed by atoms with Crippen LogP contribution in [0.4, 0.5) is 4.39 Å². The second-order valence-corrected chi connectivity index (χ2v) is 7.05. The zero-order valence-corrected chi connectivity index (χ0v) is 14.8. The van der Waals surface area contributed by atoms with Crippen molar-refractivity contribution >= 4 is 15.9 Å². The van der Waals surface area contributed by atoms with Crippen molar-refractivity contribution in [1.82, 2.24) is 5.32 Å². The summed E-state index contributed by atoms with van der Waals surface area (Å²) < 4.78 is 15.2. The number of nitrogens with one attached hydrogen (secondary N) is 1. The zero-order valence-electron chi connectivity index (χ0n) is 13.2. The molecule has 3 heteroatoms. The predicted octanol–water partition coefficient (Wildman–Crippen LogP) is 5.85. The first-order chi connectivity index (χ1) is 10.2. The molecule has 0 bridgehead atoms. The smallest absolute Gasteiger partial charge is 0.142 e. The molecule has 0 spiro atoms. The van der Waals surface area contributed by atoms with Crippen molar-refractivity contribution in [1.29, 1.82) is 0 Å². The van der Waals surface area contributed by atoms with Crippen molar-refractivity contribution in [3.63, 3.8) is 0 Å². The lowest BCUT2D eigenvalue weighted by molar-refractivity contribution is 0.173. The third kappa shape index (κ3) is 4.07. The molecular weight excluding hydrogens is 329 g/mol. The number of hydrogen-bond acceptors (Lipinski definition) is 1. The fraction of sp³-hybridized carbons (Fsp3) is 0.667. The van der Waals surface area contributed by atoms with Crippen LogP contribution in [-0.4, -0.2) is 6.54 Å². The molecule has 1 saturated carbocycles. The standard InChI is InChI=1S/C18H27BrFN/c1-3-12-21-18(14-9-6-5-8-13(14)4-2)15-10-7-11-16(19)17(15)20/h7,10-11,13-14,18,21H,3-6,8-9,12H2,1-2H3. The minimum Gasteiger partial charge on any atom is -0.310 e. The summed E-state index contributed by atoms with van der Waals surface area (Å²) in [6.07, 6.45) is 7.39. The SMILES string of the molecule is CCCNC(c1cccc(Br)c1F)C1CCCCC1CC. The van der Waals surface area contributed by atoms with Gasteiger partial charge in [-0.15, -0.1) is 0 Å². The molecule has 0 saturated heterocycles. The van der Waals surface area contributed by atoms with E-state index >= 15 is 0 Å². The van der Waals surface area contributed by atoms with Gasteiger partial charge in [0.15, 0.2) is 0 Å². The highest BCUT2D eigenvalue weighted by atomic mass is 79.9. The van der Waals surface area contributed by atoms with Crippen LogP contribution >= 0.6 is 15.9 Å². The Balaban J connectivity index is 2.30. The maximum atomic E-state index is 14.6. The second-order valence-electron chi connectivity index (χ2n) is 6.19. The van der Waals surface area contributed by atoms with Crippen molar-refractivity contribution < 1.29 is 4.39 Å². The van der Waals surface area contributed by atoms with Crippen molar-refractivity contribution in [3.8, 4) is 0 Å². The molecule has 1 N–H and O–H groups in total. The maximum absolute atomic E-state index is 14.6. The van der Waals surface area contributed by atoms with Gasteiger partial charge >= 0.3 is 0 Å². The van der Waals surface area contributed by atoms with Gasteiger partial charge in [0.05, 0.1) is 4.47 Å². The van der Waals surface area contributed by atoms with Gasteiger partial charge in [0.25, 0.3) is 0 Å². The Morgan fingerprint density at radius 2 is 2.05 bits per heavy atom. The topological polar surface area (TPSA) is 12.0 Å². The quantitative estimate of drug-likeness (QED) is 0.675. The molecule has 1 nitrogen and oxygen atoms in total. The summed E-state index contributed by atoms with van der Waals surface area (Å²) in [5.41, 5.74) is 0.836. The van der Waals surface area contributed by atoms with Gasteiger partial charge in [0.1, 0.15) is 5.82 Å². The Hall–Kier alpha value is -0.410. The minimum atomic E-state index is -0.0912. The Morgan fingerprint density at radius 3 is 2.76 bits per heavy atom. The monoisotopic (exact) mass is 355 g/mol. The minimum absolute atomic E-state index is 0.0912. The molecule has 21 heavy (non-hydrogen) atoms. The summed E-state index contributed by atoms with van der Waals surface area (Å²) in [4.78, 5) is 0. The first-order valence-corrected chi connectivity index (χ1v) is 9.15. The summed E-state index contributed by atoms with van der Waals surface area (Å²) >= 11 is 3.34. The van der Waals surface area contributed by atoms with Crippen LogP contribution in [0.5, 0.6) is 0 Å². The summed E-state index contributed by atoms with van der Waals surface area (Å²) in [6.45, 7) is 5.39. The molecule has 1 aromatic carbocycles. The Bertz CT molecular complexity index is 449. The first kappa shape index (κ1) is 17.0. The van der Waals surface area contributed by atoms with Gasteiger partial charge in [-0.3, -0.25) is 0 Å². The number of rotatable bonds is 6. The highest BCUT2D eigenvalue weighted by molar-refractivity contribution is 9.10. The van der Waals surface area contributed by atoms with Crippen LogP contribution in [-0.2, 0) is 0 Å². The highest BCUT2D eigenvalue weighted by Gasteiger charge is 2.33. The van der Waals surface area contributed by atoms with E-state index in [-0.39, 0.29) is 11.9 Å². The molecule has 0 aromatic heterocycles. The van der Waals surface area contributed by atoms with Crippen molar-refractivity contribution in [3.05, 3.63) is 34.1 Å². The maximum Gasteiger partial charge on any atom is 0.142 e. The van der Waals surface area contributed by atoms with Gasteiger partial charge in [0.2, 0.25) is 0 Å². The molecule has 2 rings (SSSR count). The van der Waals surface area contributed by atoms with Crippen LogP contribution < -0.4 is 5.32 Å². The fourth-order valence-electron chi connectivity index (χ4n) is 3.73. The third-order valence-electron chi connectivity index (χ3n) is 4.85. The Morgan fingerprint density at radius 1 is 1.29 bits per heavy atom. The normalized spacial score (nSPS) is 24.0. The largest absolute Gasteiger partial charge is 0.310 e. The lowest BCUT2D eigenvalue weighted by Crippen LogP contribution is -2.35. The number of benzene rings is 1. The van der Waals surface area contributed by atoms with E-state index in [1.165, 1.54) is 32.1 Å². The molecule has 1 aliphatic carbocycles. The van der Waals surface area contributed by atoms with E-state index < -0.39 is 0 Å². The molecule has 3 atom stereocenters. The molecule has 0 radical (unpaired) electrons. The van der Waals surface area contributed by atoms with E-state index in [0.717, 1.165) is 18.5 Å². The van der Waals surface area contributed by atoms with Crippen molar-refractivity contribution in [2.75, 3.05) is 6.54 Å². The van der Waals surface area contributed by atoms with Gasteiger partial charge in [-0.1, -0.05) is 51.7 Å². The first-order valence-electron chi connectivity index (χ1n) is 8.36. The van der Waals surface area contributed by atoms with Crippen LogP contribution in [0.1, 0.15) is 64.0 Å². The summed E-state index contributed by atoms with van der Waals surface area (Å²) in [6, 6.07) is 5.84. The zero-order chi connectivity index (χ0) is 15.2. The number of halogens is 2. The average molecular weight is 356 g/mol. The van der Waals surface area contributed by atoms with Crippen LogP contribution in [0, 0.1) is 17.7 Å². The molecule has 0 amide bonds. The van der Waals surface area contributed by atoms with E-state index in [1.807, 2.05) is 12.1 Å². The van der Waals surface area contributed by atoms with Crippen LogP contribution in [0.2, 0.25) is 0 Å². The van der Waals surface area contributed by atoms with Gasteiger partial charge < -0.3 is 5.32 Å². The van der Waals surface area contributed by atoms with Gasteiger partial charge in [-0.05, 0) is 53.2 Å². The van der Waals surface area contributed by atoms with Crippen LogP contribution in [0.25, 0.3) is 0 Å². The summed E-state index contributed by atoms with van der Waals surface area (Å²) in [5, 5.41) is 3.63. The highest BCUT2D eigenvalue weighted by Crippen LogP contribution is 2.41. The molecule has 118 valence electrons. The summed E-state index contributed by atoms with van der Waals surface area (Å²) in [7, 11) is 0. The molecule has 0 aliphatic heterocycles. The molecule has 1 aliphatic rings. The van der Waals surface area contributed by atoms with Gasteiger partial charge in [0, 0.05) is 11.6 Å². The molecule has 0 heterocycles. The van der Waals surface area contributed by atoms with E-state index in [2.05, 4.69) is 35.1 Å². The van der Waals surface area contributed by atoms with Crippen molar-refractivity contribution in [2.24, 2.45) is 11.8 Å².